The summed E-state index contributed by atoms with van der Waals surface area (Å²) >= 11 is 5.93. The molecular formula is C16H11ClFNO2. The average Bonchev–Trinajstić information content (AvgIpc) is 2.64. The van der Waals surface area contributed by atoms with E-state index in [1.807, 2.05) is 6.07 Å². The highest BCUT2D eigenvalue weighted by Crippen LogP contribution is 2.34. The molecule has 0 saturated carbocycles. The number of hydrogen-bond donors (Lipinski definition) is 0. The van der Waals surface area contributed by atoms with Crippen LogP contribution in [0, 0.1) is 12.7 Å². The standard InChI is InChI=1S/C16H11ClFNO2/c1-9-5-12(18)7-13-14(9)19(16(21)15(13)20)8-10-3-2-4-11(17)6-10/h2-7H,8H2,1H3. The molecule has 0 spiro atoms. The molecule has 2 aromatic rings. The van der Waals surface area contributed by atoms with Gasteiger partial charge in [0.2, 0.25) is 0 Å². The Morgan fingerprint density at radius 1 is 1.19 bits per heavy atom. The first kappa shape index (κ1) is 13.8. The summed E-state index contributed by atoms with van der Waals surface area (Å²) in [6, 6.07) is 9.49. The Labute approximate surface area is 125 Å². The molecule has 0 fully saturated rings. The molecule has 5 heteroatoms. The first-order valence-corrected chi connectivity index (χ1v) is 6.76. The highest BCUT2D eigenvalue weighted by molar-refractivity contribution is 6.52. The molecular weight excluding hydrogens is 293 g/mol. The number of anilines is 1. The molecule has 0 atom stereocenters. The maximum absolute atomic E-state index is 13.4. The van der Waals surface area contributed by atoms with E-state index in [1.165, 1.54) is 11.0 Å². The van der Waals surface area contributed by atoms with Gasteiger partial charge in [-0.05, 0) is 42.3 Å². The topological polar surface area (TPSA) is 37.4 Å². The first-order chi connectivity index (χ1) is 9.97. The van der Waals surface area contributed by atoms with Crippen molar-refractivity contribution in [3.05, 3.63) is 63.9 Å². The molecule has 106 valence electrons. The number of aryl methyl sites for hydroxylation is 1. The zero-order valence-electron chi connectivity index (χ0n) is 11.2. The maximum atomic E-state index is 13.4. The molecule has 0 unspecified atom stereocenters. The van der Waals surface area contributed by atoms with Crippen molar-refractivity contribution in [3.63, 3.8) is 0 Å². The third-order valence-corrected chi connectivity index (χ3v) is 3.68. The van der Waals surface area contributed by atoms with E-state index >= 15 is 0 Å². The summed E-state index contributed by atoms with van der Waals surface area (Å²) < 4.78 is 13.4. The summed E-state index contributed by atoms with van der Waals surface area (Å²) in [6.45, 7) is 1.91. The number of halogens is 2. The SMILES string of the molecule is Cc1cc(F)cc2c1N(Cc1cccc(Cl)c1)C(=O)C2=O. The normalized spacial score (nSPS) is 13.8. The zero-order chi connectivity index (χ0) is 15.1. The van der Waals surface area contributed by atoms with E-state index in [1.54, 1.807) is 25.1 Å². The summed E-state index contributed by atoms with van der Waals surface area (Å²) in [7, 11) is 0. The van der Waals surface area contributed by atoms with Gasteiger partial charge < -0.3 is 4.90 Å². The lowest BCUT2D eigenvalue weighted by Crippen LogP contribution is -2.29. The molecule has 1 amide bonds. The highest BCUT2D eigenvalue weighted by atomic mass is 35.5. The van der Waals surface area contributed by atoms with Gasteiger partial charge >= 0.3 is 0 Å². The second-order valence-electron chi connectivity index (χ2n) is 4.97. The van der Waals surface area contributed by atoms with E-state index in [2.05, 4.69) is 0 Å². The zero-order valence-corrected chi connectivity index (χ0v) is 11.9. The number of amides is 1. The van der Waals surface area contributed by atoms with Gasteiger partial charge in [0, 0.05) is 5.02 Å². The number of carbonyl (C=O) groups excluding carboxylic acids is 2. The largest absolute Gasteiger partial charge is 0.300 e. The Balaban J connectivity index is 2.05. The second kappa shape index (κ2) is 4.97. The van der Waals surface area contributed by atoms with E-state index < -0.39 is 17.5 Å². The number of carbonyl (C=O) groups is 2. The number of hydrogen-bond acceptors (Lipinski definition) is 2. The fourth-order valence-corrected chi connectivity index (χ4v) is 2.79. The molecule has 21 heavy (non-hydrogen) atoms. The van der Waals surface area contributed by atoms with E-state index in [-0.39, 0.29) is 12.1 Å². The predicted octanol–water partition coefficient (Wildman–Crippen LogP) is 3.52. The molecule has 1 aliphatic rings. The van der Waals surface area contributed by atoms with Crippen LogP contribution in [0.15, 0.2) is 36.4 Å². The molecule has 0 aromatic heterocycles. The van der Waals surface area contributed by atoms with E-state index in [0.717, 1.165) is 11.6 Å². The molecule has 0 N–H and O–H groups in total. The summed E-state index contributed by atoms with van der Waals surface area (Å²) in [5, 5.41) is 0.557. The first-order valence-electron chi connectivity index (χ1n) is 6.38. The Bertz CT molecular complexity index is 773. The van der Waals surface area contributed by atoms with Gasteiger partial charge in [-0.1, -0.05) is 23.7 Å². The lowest BCUT2D eigenvalue weighted by Gasteiger charge is -2.18. The molecule has 0 saturated heterocycles. The number of nitrogens with zero attached hydrogens (tertiary/aromatic N) is 1. The third kappa shape index (κ3) is 2.32. The van der Waals surface area contributed by atoms with Gasteiger partial charge in [-0.25, -0.2) is 4.39 Å². The van der Waals surface area contributed by atoms with Crippen molar-refractivity contribution in [2.45, 2.75) is 13.5 Å². The fraction of sp³-hybridized carbons (Fsp3) is 0.125. The van der Waals surface area contributed by atoms with Crippen LogP contribution in [0.3, 0.4) is 0 Å². The Hall–Kier alpha value is -2.20. The lowest BCUT2D eigenvalue weighted by molar-refractivity contribution is -0.114. The summed E-state index contributed by atoms with van der Waals surface area (Å²) in [6.07, 6.45) is 0. The van der Waals surface area contributed by atoms with E-state index in [4.69, 9.17) is 11.6 Å². The van der Waals surface area contributed by atoms with Crippen molar-refractivity contribution in [2.24, 2.45) is 0 Å². The molecule has 0 bridgehead atoms. The fourth-order valence-electron chi connectivity index (χ4n) is 2.57. The van der Waals surface area contributed by atoms with Gasteiger partial charge in [0.15, 0.2) is 0 Å². The van der Waals surface area contributed by atoms with Crippen LogP contribution >= 0.6 is 11.6 Å². The molecule has 2 aromatic carbocycles. The Morgan fingerprint density at radius 3 is 2.67 bits per heavy atom. The number of ketones is 1. The minimum atomic E-state index is -0.672. The van der Waals surface area contributed by atoms with Crippen molar-refractivity contribution in [2.75, 3.05) is 4.90 Å². The molecule has 3 rings (SSSR count). The van der Waals surface area contributed by atoms with Gasteiger partial charge in [-0.15, -0.1) is 0 Å². The predicted molar refractivity (Wildman–Crippen MR) is 78.1 cm³/mol. The molecule has 1 heterocycles. The quantitative estimate of drug-likeness (QED) is 0.796. The Morgan fingerprint density at radius 2 is 1.95 bits per heavy atom. The van der Waals surface area contributed by atoms with Crippen LogP contribution in [-0.4, -0.2) is 11.7 Å². The van der Waals surface area contributed by atoms with Crippen molar-refractivity contribution in [1.82, 2.24) is 0 Å². The van der Waals surface area contributed by atoms with Crippen LogP contribution in [0.5, 0.6) is 0 Å². The summed E-state index contributed by atoms with van der Waals surface area (Å²) in [5.41, 5.74) is 1.97. The van der Waals surface area contributed by atoms with Crippen LogP contribution in [0.4, 0.5) is 10.1 Å². The van der Waals surface area contributed by atoms with Crippen LogP contribution in [0.25, 0.3) is 0 Å². The van der Waals surface area contributed by atoms with Crippen molar-refractivity contribution >= 4 is 29.0 Å². The van der Waals surface area contributed by atoms with Crippen molar-refractivity contribution in [1.29, 1.82) is 0 Å². The van der Waals surface area contributed by atoms with Crippen LogP contribution in [-0.2, 0) is 11.3 Å². The highest BCUT2D eigenvalue weighted by Gasteiger charge is 2.37. The van der Waals surface area contributed by atoms with Crippen LogP contribution < -0.4 is 4.90 Å². The maximum Gasteiger partial charge on any atom is 0.299 e. The second-order valence-corrected chi connectivity index (χ2v) is 5.41. The minimum absolute atomic E-state index is 0.125. The van der Waals surface area contributed by atoms with Gasteiger partial charge in [0.05, 0.1) is 17.8 Å². The van der Waals surface area contributed by atoms with E-state index in [0.29, 0.717) is 16.3 Å². The Kier molecular flexibility index (Phi) is 3.26. The van der Waals surface area contributed by atoms with Crippen LogP contribution in [0.1, 0.15) is 21.5 Å². The van der Waals surface area contributed by atoms with Gasteiger partial charge in [0.1, 0.15) is 5.82 Å². The van der Waals surface area contributed by atoms with Gasteiger partial charge in [-0.3, -0.25) is 9.59 Å². The van der Waals surface area contributed by atoms with Gasteiger partial charge in [0.25, 0.3) is 11.7 Å². The number of rotatable bonds is 2. The molecule has 3 nitrogen and oxygen atoms in total. The van der Waals surface area contributed by atoms with Crippen molar-refractivity contribution < 1.29 is 14.0 Å². The number of Topliss-reactive ketones (excluding diaryl/α,β-unsaturated/α-hetero) is 1. The minimum Gasteiger partial charge on any atom is -0.300 e. The summed E-state index contributed by atoms with van der Waals surface area (Å²) in [5.74, 6) is -1.83. The average molecular weight is 304 g/mol. The van der Waals surface area contributed by atoms with Crippen molar-refractivity contribution in [3.8, 4) is 0 Å². The number of benzene rings is 2. The van der Waals surface area contributed by atoms with Gasteiger partial charge in [-0.2, -0.15) is 0 Å². The lowest BCUT2D eigenvalue weighted by atomic mass is 10.1. The monoisotopic (exact) mass is 303 g/mol. The van der Waals surface area contributed by atoms with E-state index in [9.17, 15) is 14.0 Å². The van der Waals surface area contributed by atoms with Crippen LogP contribution in [0.2, 0.25) is 5.02 Å². The smallest absolute Gasteiger partial charge is 0.299 e. The molecule has 0 aliphatic carbocycles. The molecule has 1 aliphatic heterocycles. The summed E-state index contributed by atoms with van der Waals surface area (Å²) in [4.78, 5) is 25.5. The number of fused-ring (bicyclic) bond motifs is 1. The molecule has 0 radical (unpaired) electrons. The third-order valence-electron chi connectivity index (χ3n) is 3.45.